The number of carboxylic acid groups (broad SMARTS) is 1. The van der Waals surface area contributed by atoms with Gasteiger partial charge in [0.1, 0.15) is 6.10 Å². The van der Waals surface area contributed by atoms with Crippen molar-refractivity contribution in [2.45, 2.75) is 18.9 Å². The fraction of sp³-hybridized carbons (Fsp3) is 0.316. The maximum absolute atomic E-state index is 12.3. The van der Waals surface area contributed by atoms with Gasteiger partial charge in [-0.15, -0.1) is 0 Å². The summed E-state index contributed by atoms with van der Waals surface area (Å²) >= 11 is 0. The van der Waals surface area contributed by atoms with E-state index < -0.39 is 5.97 Å². The molecule has 2 N–H and O–H groups in total. The first-order valence-corrected chi connectivity index (χ1v) is 8.43. The molecule has 0 spiro atoms. The molecule has 0 saturated carbocycles. The van der Waals surface area contributed by atoms with Crippen LogP contribution in [-0.4, -0.2) is 47.8 Å². The molecule has 2 heterocycles. The summed E-state index contributed by atoms with van der Waals surface area (Å²) in [6, 6.07) is 9.91. The number of ether oxygens (including phenoxy) is 2. The molecule has 0 radical (unpaired) electrons. The first-order chi connectivity index (χ1) is 12.6. The Balaban J connectivity index is 1.53. The van der Waals surface area contributed by atoms with Crippen LogP contribution < -0.4 is 10.1 Å². The molecule has 1 saturated heterocycles. The third-order valence-corrected chi connectivity index (χ3v) is 4.05. The fourth-order valence-corrected chi connectivity index (χ4v) is 2.67. The summed E-state index contributed by atoms with van der Waals surface area (Å²) in [5, 5.41) is 11.8. The zero-order valence-corrected chi connectivity index (χ0v) is 14.2. The molecule has 7 heteroatoms. The van der Waals surface area contributed by atoms with E-state index in [1.54, 1.807) is 24.3 Å². The predicted octanol–water partition coefficient (Wildman–Crippen LogP) is 1.92. The highest BCUT2D eigenvalue weighted by atomic mass is 16.5. The monoisotopic (exact) mass is 356 g/mol. The number of nitrogens with zero attached hydrogens (tertiary/aromatic N) is 1. The van der Waals surface area contributed by atoms with Crippen molar-refractivity contribution < 1.29 is 24.2 Å². The SMILES string of the molecule is O=C(O)c1cccc(CCNC(=O)c2ccnc(OC3CCOC3)c2)c1. The molecule has 26 heavy (non-hydrogen) atoms. The highest BCUT2D eigenvalue weighted by Gasteiger charge is 2.18. The number of amides is 1. The second-order valence-corrected chi connectivity index (χ2v) is 6.00. The molecule has 1 aliphatic heterocycles. The molecule has 1 aromatic heterocycles. The van der Waals surface area contributed by atoms with E-state index in [4.69, 9.17) is 14.6 Å². The van der Waals surface area contributed by atoms with Crippen LogP contribution in [0.5, 0.6) is 5.88 Å². The van der Waals surface area contributed by atoms with Crippen LogP contribution in [-0.2, 0) is 11.2 Å². The molecule has 0 bridgehead atoms. The molecular weight excluding hydrogens is 336 g/mol. The number of carboxylic acids is 1. The molecule has 7 nitrogen and oxygen atoms in total. The molecular formula is C19H20N2O5. The minimum atomic E-state index is -0.965. The molecule has 1 unspecified atom stereocenters. The summed E-state index contributed by atoms with van der Waals surface area (Å²) in [7, 11) is 0. The number of nitrogens with one attached hydrogen (secondary N) is 1. The molecule has 1 aliphatic rings. The van der Waals surface area contributed by atoms with Gasteiger partial charge in [0.05, 0.1) is 18.8 Å². The lowest BCUT2D eigenvalue weighted by atomic mass is 10.1. The molecule has 1 fully saturated rings. The third kappa shape index (κ3) is 4.80. The maximum Gasteiger partial charge on any atom is 0.335 e. The predicted molar refractivity (Wildman–Crippen MR) is 93.5 cm³/mol. The Hall–Kier alpha value is -2.93. The molecule has 136 valence electrons. The third-order valence-electron chi connectivity index (χ3n) is 4.05. The van der Waals surface area contributed by atoms with Crippen molar-refractivity contribution >= 4 is 11.9 Å². The zero-order valence-electron chi connectivity index (χ0n) is 14.2. The van der Waals surface area contributed by atoms with Crippen molar-refractivity contribution in [3.8, 4) is 5.88 Å². The van der Waals surface area contributed by atoms with Gasteiger partial charge < -0.3 is 19.9 Å². The van der Waals surface area contributed by atoms with E-state index >= 15 is 0 Å². The second-order valence-electron chi connectivity index (χ2n) is 6.00. The van der Waals surface area contributed by atoms with Crippen molar-refractivity contribution in [1.82, 2.24) is 10.3 Å². The van der Waals surface area contributed by atoms with Gasteiger partial charge in [-0.3, -0.25) is 4.79 Å². The Morgan fingerprint density at radius 3 is 2.92 bits per heavy atom. The van der Waals surface area contributed by atoms with E-state index in [2.05, 4.69) is 10.3 Å². The van der Waals surface area contributed by atoms with E-state index in [1.807, 2.05) is 6.07 Å². The molecule has 2 aromatic rings. The van der Waals surface area contributed by atoms with Crippen LogP contribution in [0.15, 0.2) is 42.6 Å². The second kappa shape index (κ2) is 8.44. The van der Waals surface area contributed by atoms with Crippen LogP contribution in [0.25, 0.3) is 0 Å². The van der Waals surface area contributed by atoms with E-state index in [0.717, 1.165) is 12.0 Å². The summed E-state index contributed by atoms with van der Waals surface area (Å²) in [5.41, 5.74) is 1.55. The molecule has 0 aliphatic carbocycles. The Kier molecular flexibility index (Phi) is 5.80. The van der Waals surface area contributed by atoms with Crippen molar-refractivity contribution in [2.24, 2.45) is 0 Å². The van der Waals surface area contributed by atoms with Crippen LogP contribution in [0.1, 0.15) is 32.7 Å². The number of carbonyl (C=O) groups is 2. The van der Waals surface area contributed by atoms with E-state index in [1.165, 1.54) is 12.3 Å². The number of benzene rings is 1. The summed E-state index contributed by atoms with van der Waals surface area (Å²) in [6.45, 7) is 1.61. The van der Waals surface area contributed by atoms with Gasteiger partial charge in [-0.05, 0) is 30.2 Å². The zero-order chi connectivity index (χ0) is 18.4. The van der Waals surface area contributed by atoms with Crippen LogP contribution in [0.4, 0.5) is 0 Å². The lowest BCUT2D eigenvalue weighted by Gasteiger charge is -2.11. The van der Waals surface area contributed by atoms with Gasteiger partial charge >= 0.3 is 5.97 Å². The highest BCUT2D eigenvalue weighted by Crippen LogP contribution is 2.15. The standard InChI is InChI=1S/C19H20N2O5/c22-18(21-7-4-13-2-1-3-15(10-13)19(23)24)14-5-8-20-17(11-14)26-16-6-9-25-12-16/h1-3,5,8,10-11,16H,4,6-7,9,12H2,(H,21,22)(H,23,24). The van der Waals surface area contributed by atoms with Crippen LogP contribution >= 0.6 is 0 Å². The summed E-state index contributed by atoms with van der Waals surface area (Å²) in [4.78, 5) is 27.4. The molecule has 1 amide bonds. The number of aromatic nitrogens is 1. The van der Waals surface area contributed by atoms with Gasteiger partial charge in [0.15, 0.2) is 0 Å². The van der Waals surface area contributed by atoms with Crippen molar-refractivity contribution in [3.05, 3.63) is 59.3 Å². The van der Waals surface area contributed by atoms with Crippen molar-refractivity contribution in [3.63, 3.8) is 0 Å². The molecule has 1 aromatic carbocycles. The number of hydrogen-bond acceptors (Lipinski definition) is 5. The van der Waals surface area contributed by atoms with Gasteiger partial charge in [0.2, 0.25) is 5.88 Å². The molecule has 1 atom stereocenters. The number of carbonyl (C=O) groups excluding carboxylic acids is 1. The van der Waals surface area contributed by atoms with E-state index in [9.17, 15) is 9.59 Å². The van der Waals surface area contributed by atoms with Gasteiger partial charge in [-0.25, -0.2) is 9.78 Å². The smallest absolute Gasteiger partial charge is 0.335 e. The Morgan fingerprint density at radius 1 is 1.27 bits per heavy atom. The van der Waals surface area contributed by atoms with Crippen LogP contribution in [0.3, 0.4) is 0 Å². The van der Waals surface area contributed by atoms with Crippen LogP contribution in [0, 0.1) is 0 Å². The summed E-state index contributed by atoms with van der Waals surface area (Å²) in [5.74, 6) is -0.788. The normalized spacial score (nSPS) is 16.2. The Labute approximate surface area is 151 Å². The van der Waals surface area contributed by atoms with E-state index in [0.29, 0.717) is 37.6 Å². The quantitative estimate of drug-likeness (QED) is 0.787. The summed E-state index contributed by atoms with van der Waals surface area (Å²) < 4.78 is 11.0. The maximum atomic E-state index is 12.3. The number of hydrogen-bond donors (Lipinski definition) is 2. The minimum Gasteiger partial charge on any atom is -0.478 e. The lowest BCUT2D eigenvalue weighted by Crippen LogP contribution is -2.26. The van der Waals surface area contributed by atoms with Gasteiger partial charge in [0.25, 0.3) is 5.91 Å². The number of pyridine rings is 1. The van der Waals surface area contributed by atoms with Crippen molar-refractivity contribution in [2.75, 3.05) is 19.8 Å². The number of rotatable bonds is 7. The van der Waals surface area contributed by atoms with Crippen LogP contribution in [0.2, 0.25) is 0 Å². The Bertz CT molecular complexity index is 787. The Morgan fingerprint density at radius 2 is 2.15 bits per heavy atom. The van der Waals surface area contributed by atoms with Gasteiger partial charge in [-0.2, -0.15) is 0 Å². The van der Waals surface area contributed by atoms with Crippen molar-refractivity contribution in [1.29, 1.82) is 0 Å². The average Bonchev–Trinajstić information content (AvgIpc) is 3.15. The largest absolute Gasteiger partial charge is 0.478 e. The first-order valence-electron chi connectivity index (χ1n) is 8.43. The molecule has 3 rings (SSSR count). The fourth-order valence-electron chi connectivity index (χ4n) is 2.67. The highest BCUT2D eigenvalue weighted by molar-refractivity contribution is 5.94. The summed E-state index contributed by atoms with van der Waals surface area (Å²) in [6.07, 6.45) is 2.87. The first kappa shape index (κ1) is 17.9. The lowest BCUT2D eigenvalue weighted by molar-refractivity contribution is 0.0696. The minimum absolute atomic E-state index is 0.0256. The average molecular weight is 356 g/mol. The number of aromatic carboxylic acids is 1. The van der Waals surface area contributed by atoms with Gasteiger partial charge in [-0.1, -0.05) is 12.1 Å². The topological polar surface area (TPSA) is 97.8 Å². The van der Waals surface area contributed by atoms with Gasteiger partial charge in [0, 0.05) is 30.8 Å². The van der Waals surface area contributed by atoms with E-state index in [-0.39, 0.29) is 17.6 Å².